The third-order valence-electron chi connectivity index (χ3n) is 3.10. The lowest BCUT2D eigenvalue weighted by Crippen LogP contribution is -2.11. The molecule has 0 spiro atoms. The number of nitrogen functional groups attached to an aromatic ring is 2. The van der Waals surface area contributed by atoms with E-state index in [9.17, 15) is 0 Å². The van der Waals surface area contributed by atoms with Gasteiger partial charge in [0.1, 0.15) is 22.7 Å². The summed E-state index contributed by atoms with van der Waals surface area (Å²) < 4.78 is 0. The molecule has 120 valence electrons. The highest BCUT2D eigenvalue weighted by molar-refractivity contribution is 5.97. The van der Waals surface area contributed by atoms with Crippen LogP contribution in [0.5, 0.6) is 0 Å². The van der Waals surface area contributed by atoms with Crippen LogP contribution in [0.2, 0.25) is 0 Å². The number of hydrogen-bond donors (Lipinski definition) is 4. The van der Waals surface area contributed by atoms with Crippen molar-refractivity contribution in [1.82, 2.24) is 15.0 Å². The lowest BCUT2D eigenvalue weighted by Gasteiger charge is -2.01. The van der Waals surface area contributed by atoms with E-state index in [0.29, 0.717) is 16.6 Å². The van der Waals surface area contributed by atoms with E-state index < -0.39 is 0 Å². The predicted octanol–water partition coefficient (Wildman–Crippen LogP) is 1.83. The minimum absolute atomic E-state index is 0. The average Bonchev–Trinajstić information content (AvgIpc) is 2.90. The highest BCUT2D eigenvalue weighted by atomic mass is 35.5. The molecule has 0 radical (unpaired) electrons. The van der Waals surface area contributed by atoms with Crippen LogP contribution in [0.1, 0.15) is 11.1 Å². The van der Waals surface area contributed by atoms with Crippen molar-refractivity contribution in [2.75, 3.05) is 0 Å². The second kappa shape index (κ2) is 7.08. The van der Waals surface area contributed by atoms with Crippen molar-refractivity contribution in [3.63, 3.8) is 0 Å². The molecular weight excluding hydrogens is 337 g/mol. The normalized spacial score (nSPS) is 9.74. The Morgan fingerprint density at radius 1 is 0.783 bits per heavy atom. The molecule has 2 aromatic carbocycles. The van der Waals surface area contributed by atoms with Crippen LogP contribution in [0.3, 0.4) is 0 Å². The van der Waals surface area contributed by atoms with Gasteiger partial charge in [-0.15, -0.1) is 35.0 Å². The molecule has 0 aliphatic heterocycles. The number of fused-ring (bicyclic) bond motifs is 1. The van der Waals surface area contributed by atoms with E-state index in [1.54, 1.807) is 42.5 Å². The van der Waals surface area contributed by atoms with Crippen LogP contribution in [0.25, 0.3) is 16.7 Å². The summed E-state index contributed by atoms with van der Waals surface area (Å²) in [6, 6.07) is 12.3. The Labute approximate surface area is 144 Å². The number of nitrogens with zero attached hydrogens (tertiary/aromatic N) is 3. The molecule has 3 rings (SSSR count). The summed E-state index contributed by atoms with van der Waals surface area (Å²) in [4.78, 5) is 1.50. The van der Waals surface area contributed by atoms with Crippen molar-refractivity contribution >= 4 is 47.5 Å². The first-order valence-electron chi connectivity index (χ1n) is 6.21. The second-order valence-corrected chi connectivity index (χ2v) is 4.57. The Bertz CT molecular complexity index is 855. The number of hydrogen-bond acceptors (Lipinski definition) is 4. The average molecular weight is 352 g/mol. The van der Waals surface area contributed by atoms with Gasteiger partial charge in [-0.25, -0.2) is 0 Å². The molecule has 3 aromatic rings. The van der Waals surface area contributed by atoms with Gasteiger partial charge >= 0.3 is 0 Å². The summed E-state index contributed by atoms with van der Waals surface area (Å²) in [5, 5.41) is 23.5. The molecule has 0 saturated carbocycles. The van der Waals surface area contributed by atoms with E-state index in [-0.39, 0.29) is 36.5 Å². The van der Waals surface area contributed by atoms with Gasteiger partial charge in [0.05, 0.1) is 5.69 Å². The van der Waals surface area contributed by atoms with Crippen LogP contribution in [-0.4, -0.2) is 26.7 Å². The maximum Gasteiger partial charge on any atom is 0.122 e. The van der Waals surface area contributed by atoms with Crippen molar-refractivity contribution in [3.8, 4) is 5.69 Å². The zero-order valence-electron chi connectivity index (χ0n) is 11.9. The van der Waals surface area contributed by atoms with Crippen molar-refractivity contribution in [2.24, 2.45) is 11.5 Å². The highest BCUT2D eigenvalue weighted by Gasteiger charge is 2.07. The fourth-order valence-electron chi connectivity index (χ4n) is 1.97. The molecule has 1 heterocycles. The van der Waals surface area contributed by atoms with E-state index in [1.807, 2.05) is 0 Å². The Balaban J connectivity index is 0.00000132. The maximum atomic E-state index is 7.44. The zero-order chi connectivity index (χ0) is 15.0. The van der Waals surface area contributed by atoms with Crippen LogP contribution < -0.4 is 11.5 Å². The molecule has 23 heavy (non-hydrogen) atoms. The van der Waals surface area contributed by atoms with E-state index in [1.165, 1.54) is 4.80 Å². The number of halogens is 2. The smallest absolute Gasteiger partial charge is 0.122 e. The van der Waals surface area contributed by atoms with Gasteiger partial charge in [-0.05, 0) is 42.5 Å². The SMILES string of the molecule is Cl.Cl.N=C(N)c1ccc(-n2nc3ccc(C(=N)N)cc3n2)cc1. The summed E-state index contributed by atoms with van der Waals surface area (Å²) >= 11 is 0. The molecule has 6 N–H and O–H groups in total. The maximum absolute atomic E-state index is 7.44. The van der Waals surface area contributed by atoms with Crippen LogP contribution in [0.4, 0.5) is 0 Å². The zero-order valence-corrected chi connectivity index (χ0v) is 13.5. The molecule has 0 amide bonds. The molecule has 1 aromatic heterocycles. The molecule has 0 bridgehead atoms. The lowest BCUT2D eigenvalue weighted by molar-refractivity contribution is 0.765. The molecule has 9 heteroatoms. The fourth-order valence-corrected chi connectivity index (χ4v) is 1.97. The summed E-state index contributed by atoms with van der Waals surface area (Å²) in [6.07, 6.45) is 0. The minimum atomic E-state index is -0.00254. The van der Waals surface area contributed by atoms with Gasteiger partial charge in [-0.3, -0.25) is 10.8 Å². The third kappa shape index (κ3) is 3.58. The van der Waals surface area contributed by atoms with E-state index in [4.69, 9.17) is 22.3 Å². The number of aromatic nitrogens is 3. The predicted molar refractivity (Wildman–Crippen MR) is 95.4 cm³/mol. The van der Waals surface area contributed by atoms with Crippen molar-refractivity contribution in [2.45, 2.75) is 0 Å². The number of rotatable bonds is 3. The first kappa shape index (κ1) is 18.4. The van der Waals surface area contributed by atoms with Gasteiger partial charge in [-0.1, -0.05) is 0 Å². The van der Waals surface area contributed by atoms with Crippen molar-refractivity contribution in [1.29, 1.82) is 10.8 Å². The van der Waals surface area contributed by atoms with E-state index in [2.05, 4.69) is 10.2 Å². The molecule has 0 fully saturated rings. The Kier molecular flexibility index (Phi) is 5.67. The molecule has 0 unspecified atom stereocenters. The standard InChI is InChI=1S/C14H13N7.2ClH/c15-13(16)8-1-4-10(5-2-8)21-19-11-6-3-9(14(17)18)7-12(11)20-21;;/h1-7H,(H3,15,16)(H3,17,18);2*1H. The number of benzene rings is 2. The molecule has 0 aliphatic carbocycles. The Hall–Kier alpha value is -2.64. The van der Waals surface area contributed by atoms with Crippen LogP contribution >= 0.6 is 24.8 Å². The molecule has 0 aliphatic rings. The molecule has 7 nitrogen and oxygen atoms in total. The van der Waals surface area contributed by atoms with Crippen LogP contribution in [0.15, 0.2) is 42.5 Å². The van der Waals surface area contributed by atoms with Gasteiger partial charge in [0.25, 0.3) is 0 Å². The molecular formula is C14H15Cl2N7. The largest absolute Gasteiger partial charge is 0.384 e. The Morgan fingerprint density at radius 3 is 1.87 bits per heavy atom. The summed E-state index contributed by atoms with van der Waals surface area (Å²) in [5.74, 6) is 0.0171. The van der Waals surface area contributed by atoms with Crippen LogP contribution in [0, 0.1) is 10.8 Å². The van der Waals surface area contributed by atoms with Crippen molar-refractivity contribution in [3.05, 3.63) is 53.6 Å². The highest BCUT2D eigenvalue weighted by Crippen LogP contribution is 2.14. The first-order valence-corrected chi connectivity index (χ1v) is 6.21. The first-order chi connectivity index (χ1) is 10.0. The lowest BCUT2D eigenvalue weighted by atomic mass is 10.2. The third-order valence-corrected chi connectivity index (χ3v) is 3.10. The number of nitrogens with two attached hydrogens (primary N) is 2. The van der Waals surface area contributed by atoms with Gasteiger partial charge in [0.2, 0.25) is 0 Å². The van der Waals surface area contributed by atoms with Gasteiger partial charge in [0, 0.05) is 11.1 Å². The summed E-state index contributed by atoms with van der Waals surface area (Å²) in [7, 11) is 0. The number of nitrogens with one attached hydrogen (secondary N) is 2. The van der Waals surface area contributed by atoms with Gasteiger partial charge in [-0.2, -0.15) is 4.80 Å². The van der Waals surface area contributed by atoms with Gasteiger partial charge in [0.15, 0.2) is 0 Å². The van der Waals surface area contributed by atoms with E-state index in [0.717, 1.165) is 11.2 Å². The van der Waals surface area contributed by atoms with Crippen molar-refractivity contribution < 1.29 is 0 Å². The van der Waals surface area contributed by atoms with E-state index >= 15 is 0 Å². The monoisotopic (exact) mass is 351 g/mol. The fraction of sp³-hybridized carbons (Fsp3) is 0. The second-order valence-electron chi connectivity index (χ2n) is 4.57. The van der Waals surface area contributed by atoms with Gasteiger partial charge < -0.3 is 11.5 Å². The van der Waals surface area contributed by atoms with Crippen LogP contribution in [-0.2, 0) is 0 Å². The molecule has 0 atom stereocenters. The summed E-state index contributed by atoms with van der Waals surface area (Å²) in [6.45, 7) is 0. The summed E-state index contributed by atoms with van der Waals surface area (Å²) in [5.41, 5.74) is 14.3. The minimum Gasteiger partial charge on any atom is -0.384 e. The topological polar surface area (TPSA) is 130 Å². The molecule has 0 saturated heterocycles. The quantitative estimate of drug-likeness (QED) is 0.423. The Morgan fingerprint density at radius 2 is 1.30 bits per heavy atom. The number of amidine groups is 2.